The second-order valence-electron chi connectivity index (χ2n) is 17.6. The molecule has 1 aromatic heterocycles. The topological polar surface area (TPSA) is 186 Å². The summed E-state index contributed by atoms with van der Waals surface area (Å²) in [5, 5.41) is 54.7. The van der Waals surface area contributed by atoms with Crippen molar-refractivity contribution in [3.8, 4) is 5.75 Å². The fourth-order valence-corrected chi connectivity index (χ4v) is 9.77. The number of carbonyl (C=O) groups excluding carboxylic acids is 2. The standard InChI is InChI=1S/C44H66N2O12S/c1-11-34-44(8,52)39(49)26(4)36(45-53-23-30-20-29-15-12-13-17-33(29)55-30)24(2)22-43(7,51)40(58-42-37(48)32(46(9)10)19-25(3)54-42)27(5)38(28(6)41(50)56-34)57-35(47)21-31-16-14-18-59-31/h12-18,24-28,30,32,34,37-40,42,48-49,51-52H,11,19-23H2,1-10H3/b45-36+/t24-,25+,26-,27-,28+,30?,32-,34+,37+,38-,39+,40+,42-,43-,44+/m0/s1. The predicted octanol–water partition coefficient (Wildman–Crippen LogP) is 4.52. The smallest absolute Gasteiger partial charge is 0.312 e. The Labute approximate surface area is 352 Å². The summed E-state index contributed by atoms with van der Waals surface area (Å²) >= 11 is 1.39. The molecule has 0 amide bonds. The SMILES string of the molecule is CC[C@H]1OC(=O)[C@H](C)[C@@H](OC(=O)Cc2cccs2)[C@H](C)[C@@H](O[C@@H]2O[C@H](C)C[C@H](N(C)C)[C@H]2O)[C@@](C)(O)C[C@H](C)/C(=N\OCC2Cc3ccccc3O2)[C@H](C)[C@@H](O)[C@]1(C)O. The zero-order chi connectivity index (χ0) is 43.4. The number of carbonyl (C=O) groups is 2. The molecule has 0 radical (unpaired) electrons. The minimum atomic E-state index is -1.97. The molecule has 3 aliphatic heterocycles. The molecule has 15 atom stereocenters. The molecule has 2 saturated heterocycles. The van der Waals surface area contributed by atoms with E-state index in [1.54, 1.807) is 34.6 Å². The van der Waals surface area contributed by atoms with E-state index in [1.807, 2.05) is 74.6 Å². The maximum Gasteiger partial charge on any atom is 0.312 e. The molecule has 3 aliphatic rings. The van der Waals surface area contributed by atoms with Crippen LogP contribution in [0.3, 0.4) is 0 Å². The number of nitrogens with zero attached hydrogens (tertiary/aromatic N) is 2. The van der Waals surface area contributed by atoms with Crippen molar-refractivity contribution in [2.75, 3.05) is 20.7 Å². The number of ether oxygens (including phenoxy) is 5. The lowest BCUT2D eigenvalue weighted by Gasteiger charge is -2.47. The van der Waals surface area contributed by atoms with E-state index in [0.29, 0.717) is 18.6 Å². The van der Waals surface area contributed by atoms with Crippen molar-refractivity contribution in [1.82, 2.24) is 4.90 Å². The van der Waals surface area contributed by atoms with Gasteiger partial charge in [0.2, 0.25) is 0 Å². The summed E-state index contributed by atoms with van der Waals surface area (Å²) in [6.07, 6.45) is -6.83. The first-order valence-corrected chi connectivity index (χ1v) is 21.8. The van der Waals surface area contributed by atoms with E-state index in [4.69, 9.17) is 28.5 Å². The number of fused-ring (bicyclic) bond motifs is 1. The van der Waals surface area contributed by atoms with Crippen LogP contribution < -0.4 is 4.74 Å². The lowest BCUT2D eigenvalue weighted by atomic mass is 9.73. The summed E-state index contributed by atoms with van der Waals surface area (Å²) in [6, 6.07) is 11.0. The minimum absolute atomic E-state index is 0.0316. The summed E-state index contributed by atoms with van der Waals surface area (Å²) in [7, 11) is 3.72. The molecular formula is C44H66N2O12S. The molecule has 2 fully saturated rings. The molecule has 0 bridgehead atoms. The second-order valence-corrected chi connectivity index (χ2v) is 18.6. The number of cyclic esters (lactones) is 1. The van der Waals surface area contributed by atoms with Gasteiger partial charge in [-0.3, -0.25) is 9.59 Å². The molecule has 1 aromatic carbocycles. The maximum atomic E-state index is 14.2. The van der Waals surface area contributed by atoms with E-state index < -0.39 is 83.6 Å². The molecule has 14 nitrogen and oxygen atoms in total. The van der Waals surface area contributed by atoms with Crippen LogP contribution in [0, 0.1) is 23.7 Å². The molecule has 2 aromatic rings. The Hall–Kier alpha value is -3.15. The average Bonchev–Trinajstić information content (AvgIpc) is 3.85. The number of aliphatic hydroxyl groups excluding tert-OH is 2. The van der Waals surface area contributed by atoms with Crippen molar-refractivity contribution in [2.45, 2.75) is 154 Å². The van der Waals surface area contributed by atoms with Crippen molar-refractivity contribution < 1.29 is 58.5 Å². The number of hydrogen-bond acceptors (Lipinski definition) is 15. The quantitative estimate of drug-likeness (QED) is 0.194. The van der Waals surface area contributed by atoms with Crippen LogP contribution in [-0.2, 0) is 46.2 Å². The van der Waals surface area contributed by atoms with E-state index >= 15 is 0 Å². The van der Waals surface area contributed by atoms with E-state index in [1.165, 1.54) is 18.3 Å². The third-order valence-electron chi connectivity index (χ3n) is 12.4. The lowest BCUT2D eigenvalue weighted by molar-refractivity contribution is -0.299. The van der Waals surface area contributed by atoms with Gasteiger partial charge in [0.15, 0.2) is 12.9 Å². The normalized spacial score (nSPS) is 39.2. The number of esters is 2. The van der Waals surface area contributed by atoms with Crippen molar-refractivity contribution in [1.29, 1.82) is 0 Å². The van der Waals surface area contributed by atoms with Gasteiger partial charge in [-0.05, 0) is 84.1 Å². The number of benzene rings is 1. The van der Waals surface area contributed by atoms with E-state index in [-0.39, 0.29) is 44.1 Å². The highest BCUT2D eigenvalue weighted by Gasteiger charge is 2.52. The minimum Gasteiger partial charge on any atom is -0.486 e. The zero-order valence-electron chi connectivity index (χ0n) is 36.1. The van der Waals surface area contributed by atoms with Crippen molar-refractivity contribution in [3.63, 3.8) is 0 Å². The summed E-state index contributed by atoms with van der Waals surface area (Å²) in [5.74, 6) is -4.11. The van der Waals surface area contributed by atoms with Crippen molar-refractivity contribution in [3.05, 3.63) is 52.2 Å². The van der Waals surface area contributed by atoms with Gasteiger partial charge in [-0.25, -0.2) is 0 Å². The van der Waals surface area contributed by atoms with Crippen LogP contribution in [-0.4, -0.2) is 130 Å². The van der Waals surface area contributed by atoms with Crippen LogP contribution >= 0.6 is 11.3 Å². The van der Waals surface area contributed by atoms with Gasteiger partial charge < -0.3 is 53.8 Å². The molecule has 5 rings (SSSR count). The molecule has 15 heteroatoms. The molecule has 59 heavy (non-hydrogen) atoms. The molecule has 1 unspecified atom stereocenters. The summed E-state index contributed by atoms with van der Waals surface area (Å²) in [6.45, 7) is 13.5. The lowest BCUT2D eigenvalue weighted by Crippen LogP contribution is -2.60. The van der Waals surface area contributed by atoms with E-state index in [2.05, 4.69) is 5.16 Å². The van der Waals surface area contributed by atoms with Crippen LogP contribution in [0.5, 0.6) is 5.75 Å². The van der Waals surface area contributed by atoms with Crippen LogP contribution in [0.4, 0.5) is 0 Å². The van der Waals surface area contributed by atoms with Crippen LogP contribution in [0.25, 0.3) is 0 Å². The number of thiophene rings is 1. The van der Waals surface area contributed by atoms with Gasteiger partial charge in [-0.2, -0.15) is 0 Å². The Morgan fingerprint density at radius 1 is 1.02 bits per heavy atom. The van der Waals surface area contributed by atoms with Gasteiger partial charge in [0, 0.05) is 35.1 Å². The Morgan fingerprint density at radius 2 is 1.73 bits per heavy atom. The van der Waals surface area contributed by atoms with Crippen molar-refractivity contribution in [2.24, 2.45) is 28.8 Å². The first kappa shape index (κ1) is 46.9. The molecule has 0 saturated carbocycles. The van der Waals surface area contributed by atoms with Gasteiger partial charge in [0.1, 0.15) is 35.8 Å². The number of para-hydroxylation sites is 1. The molecule has 4 heterocycles. The van der Waals surface area contributed by atoms with Gasteiger partial charge in [0.25, 0.3) is 0 Å². The monoisotopic (exact) mass is 846 g/mol. The predicted molar refractivity (Wildman–Crippen MR) is 222 cm³/mol. The van der Waals surface area contributed by atoms with E-state index in [9.17, 15) is 30.0 Å². The van der Waals surface area contributed by atoms with Gasteiger partial charge >= 0.3 is 11.9 Å². The molecule has 0 spiro atoms. The summed E-state index contributed by atoms with van der Waals surface area (Å²) in [5.41, 5.74) is -2.36. The number of hydrogen-bond donors (Lipinski definition) is 4. The number of aliphatic hydroxyl groups is 4. The highest BCUT2D eigenvalue weighted by atomic mass is 32.1. The second kappa shape index (κ2) is 19.7. The van der Waals surface area contributed by atoms with Crippen LogP contribution in [0.2, 0.25) is 0 Å². The maximum absolute atomic E-state index is 14.2. The molecule has 4 N–H and O–H groups in total. The Morgan fingerprint density at radius 3 is 2.37 bits per heavy atom. The zero-order valence-corrected chi connectivity index (χ0v) is 37.0. The first-order valence-electron chi connectivity index (χ1n) is 20.9. The Bertz CT molecular complexity index is 1690. The van der Waals surface area contributed by atoms with Gasteiger partial charge in [0.05, 0.1) is 42.0 Å². The number of oxime groups is 1. The Balaban J connectivity index is 1.55. The number of likely N-dealkylation sites (N-methyl/N-ethyl adjacent to an activating group) is 1. The van der Waals surface area contributed by atoms with E-state index in [0.717, 1.165) is 16.2 Å². The highest BCUT2D eigenvalue weighted by Crippen LogP contribution is 2.39. The fourth-order valence-electron chi connectivity index (χ4n) is 9.08. The number of rotatable bonds is 10. The average molecular weight is 847 g/mol. The third-order valence-corrected chi connectivity index (χ3v) is 13.3. The molecule has 0 aliphatic carbocycles. The molecular weight excluding hydrogens is 781 g/mol. The van der Waals surface area contributed by atoms with Gasteiger partial charge in [-0.1, -0.05) is 57.1 Å². The van der Waals surface area contributed by atoms with Gasteiger partial charge in [-0.15, -0.1) is 11.3 Å². The van der Waals surface area contributed by atoms with Crippen molar-refractivity contribution >= 4 is 29.0 Å². The fraction of sp³-hybridized carbons (Fsp3) is 0.705. The Kier molecular flexibility index (Phi) is 15.7. The first-order chi connectivity index (χ1) is 27.7. The highest BCUT2D eigenvalue weighted by molar-refractivity contribution is 7.10. The largest absolute Gasteiger partial charge is 0.486 e. The van der Waals surface area contributed by atoms with Crippen LogP contribution in [0.15, 0.2) is 46.9 Å². The third kappa shape index (κ3) is 11.0. The summed E-state index contributed by atoms with van der Waals surface area (Å²) < 4.78 is 31.1. The summed E-state index contributed by atoms with van der Waals surface area (Å²) in [4.78, 5) is 36.4. The van der Waals surface area contributed by atoms with Crippen LogP contribution in [0.1, 0.15) is 85.1 Å². The molecule has 330 valence electrons.